The van der Waals surface area contributed by atoms with Crippen LogP contribution in [0, 0.1) is 0 Å². The van der Waals surface area contributed by atoms with Crippen LogP contribution in [-0.4, -0.2) is 0 Å². The van der Waals surface area contributed by atoms with E-state index in [1.54, 1.807) is 11.3 Å². The number of fused-ring (bicyclic) bond motifs is 1. The molecule has 0 amide bonds. The zero-order chi connectivity index (χ0) is 10.1. The molecule has 14 heavy (non-hydrogen) atoms. The van der Waals surface area contributed by atoms with Crippen molar-refractivity contribution in [1.82, 2.24) is 0 Å². The molecule has 0 spiro atoms. The van der Waals surface area contributed by atoms with E-state index in [2.05, 4.69) is 41.1 Å². The van der Waals surface area contributed by atoms with Crippen LogP contribution in [0.5, 0.6) is 0 Å². The molecule has 2 rings (SSSR count). The number of aryl methyl sites for hydroxylation is 1. The van der Waals surface area contributed by atoms with E-state index in [0.29, 0.717) is 0 Å². The molecule has 0 saturated heterocycles. The van der Waals surface area contributed by atoms with E-state index >= 15 is 0 Å². The van der Waals surface area contributed by atoms with Gasteiger partial charge in [0.25, 0.3) is 0 Å². The van der Waals surface area contributed by atoms with E-state index in [4.69, 9.17) is 11.6 Å². The van der Waals surface area contributed by atoms with Gasteiger partial charge in [-0.05, 0) is 35.1 Å². The number of rotatable bonds is 2. The highest BCUT2D eigenvalue weighted by Gasteiger charge is 2.07. The first-order chi connectivity index (χ1) is 6.76. The Bertz CT molecular complexity index is 462. The van der Waals surface area contributed by atoms with E-state index in [9.17, 15) is 0 Å². The first-order valence-corrected chi connectivity index (χ1v) is 6.83. The molecule has 2 aromatic rings. The van der Waals surface area contributed by atoms with Crippen molar-refractivity contribution in [3.63, 3.8) is 0 Å². The topological polar surface area (TPSA) is 0 Å². The molecule has 0 aliphatic rings. The molecular formula is C11H10BrClS. The third-order valence-corrected chi connectivity index (χ3v) is 4.18. The predicted molar refractivity (Wildman–Crippen MR) is 68.8 cm³/mol. The van der Waals surface area contributed by atoms with Gasteiger partial charge in [0, 0.05) is 10.0 Å². The van der Waals surface area contributed by atoms with Crippen molar-refractivity contribution in [2.45, 2.75) is 18.7 Å². The molecule has 0 aliphatic heterocycles. The molecule has 0 unspecified atom stereocenters. The van der Waals surface area contributed by atoms with Gasteiger partial charge >= 0.3 is 0 Å². The van der Waals surface area contributed by atoms with Gasteiger partial charge in [0.05, 0.1) is 4.34 Å². The standard InChI is InChI=1S/C11H10BrClS/c1-2-7-3-4-10-8(9(7)6-12)5-11(13)14-10/h3-5H,2,6H2,1H3. The first kappa shape index (κ1) is 10.5. The maximum Gasteiger partial charge on any atom is 0.0940 e. The Morgan fingerprint density at radius 3 is 2.86 bits per heavy atom. The van der Waals surface area contributed by atoms with Crippen molar-refractivity contribution < 1.29 is 0 Å². The van der Waals surface area contributed by atoms with Crippen molar-refractivity contribution in [1.29, 1.82) is 0 Å². The summed E-state index contributed by atoms with van der Waals surface area (Å²) in [5.41, 5.74) is 2.79. The monoisotopic (exact) mass is 288 g/mol. The maximum atomic E-state index is 6.01. The summed E-state index contributed by atoms with van der Waals surface area (Å²) in [6.45, 7) is 2.18. The van der Waals surface area contributed by atoms with Crippen molar-refractivity contribution in [3.05, 3.63) is 33.7 Å². The quantitative estimate of drug-likeness (QED) is 0.682. The second-order valence-electron chi connectivity index (χ2n) is 3.15. The van der Waals surface area contributed by atoms with Gasteiger partial charge in [0.2, 0.25) is 0 Å². The van der Waals surface area contributed by atoms with Crippen LogP contribution in [0.1, 0.15) is 18.1 Å². The Morgan fingerprint density at radius 1 is 1.43 bits per heavy atom. The summed E-state index contributed by atoms with van der Waals surface area (Å²) in [6, 6.07) is 6.43. The number of benzene rings is 1. The van der Waals surface area contributed by atoms with Crippen molar-refractivity contribution in [2.75, 3.05) is 0 Å². The lowest BCUT2D eigenvalue weighted by Crippen LogP contribution is -1.88. The molecule has 1 heterocycles. The van der Waals surface area contributed by atoms with Crippen LogP contribution in [-0.2, 0) is 11.8 Å². The van der Waals surface area contributed by atoms with Gasteiger partial charge in [-0.15, -0.1) is 11.3 Å². The number of hydrogen-bond acceptors (Lipinski definition) is 1. The van der Waals surface area contributed by atoms with E-state index < -0.39 is 0 Å². The van der Waals surface area contributed by atoms with Crippen LogP contribution >= 0.6 is 38.9 Å². The Hall–Kier alpha value is -0.0500. The van der Waals surface area contributed by atoms with Gasteiger partial charge in [0.1, 0.15) is 0 Å². The second-order valence-corrected chi connectivity index (χ2v) is 5.43. The largest absolute Gasteiger partial charge is 0.123 e. The molecule has 0 nitrogen and oxygen atoms in total. The summed E-state index contributed by atoms with van der Waals surface area (Å²) in [4.78, 5) is 0. The fourth-order valence-electron chi connectivity index (χ4n) is 1.67. The molecule has 0 saturated carbocycles. The summed E-state index contributed by atoms with van der Waals surface area (Å²) in [5, 5.41) is 2.21. The summed E-state index contributed by atoms with van der Waals surface area (Å²) >= 11 is 11.2. The molecule has 0 aliphatic carbocycles. The Labute approximate surface area is 101 Å². The normalized spacial score (nSPS) is 11.1. The lowest BCUT2D eigenvalue weighted by atomic mass is 10.0. The maximum absolute atomic E-state index is 6.01. The van der Waals surface area contributed by atoms with Crippen LogP contribution in [0.3, 0.4) is 0 Å². The second kappa shape index (κ2) is 4.21. The molecule has 0 fully saturated rings. The molecule has 1 aromatic heterocycles. The van der Waals surface area contributed by atoms with E-state index in [1.165, 1.54) is 21.2 Å². The number of hydrogen-bond donors (Lipinski definition) is 0. The van der Waals surface area contributed by atoms with Crippen molar-refractivity contribution >= 4 is 49.0 Å². The van der Waals surface area contributed by atoms with E-state index in [1.807, 2.05) is 0 Å². The van der Waals surface area contributed by atoms with Gasteiger partial charge in [0.15, 0.2) is 0 Å². The first-order valence-electron chi connectivity index (χ1n) is 4.52. The predicted octanol–water partition coefficient (Wildman–Crippen LogP) is 5.01. The minimum atomic E-state index is 0.871. The third kappa shape index (κ3) is 1.71. The molecule has 3 heteroatoms. The molecular weight excluding hydrogens is 280 g/mol. The SMILES string of the molecule is CCc1ccc2sc(Cl)cc2c1CBr. The smallest absolute Gasteiger partial charge is 0.0940 e. The summed E-state index contributed by atoms with van der Waals surface area (Å²) in [7, 11) is 0. The number of thiophene rings is 1. The molecule has 74 valence electrons. The third-order valence-electron chi connectivity index (χ3n) is 2.39. The van der Waals surface area contributed by atoms with Crippen molar-refractivity contribution in [3.8, 4) is 0 Å². The van der Waals surface area contributed by atoms with Crippen molar-refractivity contribution in [2.24, 2.45) is 0 Å². The number of alkyl halides is 1. The average molecular weight is 290 g/mol. The van der Waals surface area contributed by atoms with Crippen LogP contribution in [0.4, 0.5) is 0 Å². The summed E-state index contributed by atoms with van der Waals surface area (Å²) < 4.78 is 2.15. The summed E-state index contributed by atoms with van der Waals surface area (Å²) in [6.07, 6.45) is 1.07. The lowest BCUT2D eigenvalue weighted by molar-refractivity contribution is 1.12. The Balaban J connectivity index is 2.75. The molecule has 0 N–H and O–H groups in total. The van der Waals surface area contributed by atoms with Crippen LogP contribution in [0.25, 0.3) is 10.1 Å². The van der Waals surface area contributed by atoms with Gasteiger partial charge in [-0.1, -0.05) is 40.5 Å². The average Bonchev–Trinajstić information content (AvgIpc) is 2.56. The van der Waals surface area contributed by atoms with Crippen LogP contribution in [0.15, 0.2) is 18.2 Å². The zero-order valence-electron chi connectivity index (χ0n) is 7.81. The highest BCUT2D eigenvalue weighted by molar-refractivity contribution is 9.08. The molecule has 0 atom stereocenters. The fourth-order valence-corrected chi connectivity index (χ4v) is 3.51. The highest BCUT2D eigenvalue weighted by atomic mass is 79.9. The Kier molecular flexibility index (Phi) is 3.15. The van der Waals surface area contributed by atoms with Crippen LogP contribution < -0.4 is 0 Å². The molecule has 1 aromatic carbocycles. The van der Waals surface area contributed by atoms with Gasteiger partial charge in [-0.3, -0.25) is 0 Å². The fraction of sp³-hybridized carbons (Fsp3) is 0.273. The highest BCUT2D eigenvalue weighted by Crippen LogP contribution is 2.34. The zero-order valence-corrected chi connectivity index (χ0v) is 11.0. The molecule has 0 bridgehead atoms. The minimum Gasteiger partial charge on any atom is -0.123 e. The van der Waals surface area contributed by atoms with Gasteiger partial charge in [-0.2, -0.15) is 0 Å². The Morgan fingerprint density at radius 2 is 2.21 bits per heavy atom. The van der Waals surface area contributed by atoms with Gasteiger partial charge in [-0.25, -0.2) is 0 Å². The van der Waals surface area contributed by atoms with E-state index in [0.717, 1.165) is 16.1 Å². The lowest BCUT2D eigenvalue weighted by Gasteiger charge is -2.05. The van der Waals surface area contributed by atoms with E-state index in [-0.39, 0.29) is 0 Å². The minimum absolute atomic E-state index is 0.871. The molecule has 0 radical (unpaired) electrons. The summed E-state index contributed by atoms with van der Waals surface area (Å²) in [5.74, 6) is 0. The van der Waals surface area contributed by atoms with Gasteiger partial charge < -0.3 is 0 Å². The number of halogens is 2. The van der Waals surface area contributed by atoms with Crippen LogP contribution in [0.2, 0.25) is 4.34 Å².